The number of urea groups is 1. The maximum Gasteiger partial charge on any atom is 0.319 e. The highest BCUT2D eigenvalue weighted by molar-refractivity contribution is 5.90. The summed E-state index contributed by atoms with van der Waals surface area (Å²) in [6.07, 6.45) is 1.66. The van der Waals surface area contributed by atoms with Gasteiger partial charge in [-0.05, 0) is 38.1 Å². The quantitative estimate of drug-likeness (QED) is 0.672. The third-order valence-corrected chi connectivity index (χ3v) is 3.65. The van der Waals surface area contributed by atoms with Gasteiger partial charge in [-0.2, -0.15) is 0 Å². The molecule has 0 aliphatic rings. The minimum Gasteiger partial charge on any atom is -0.495 e. The number of aromatic nitrogens is 1. The van der Waals surface area contributed by atoms with Crippen LogP contribution in [-0.2, 0) is 15.3 Å². The number of ether oxygens (including phenoxy) is 3. The number of hydrogen-bond acceptors (Lipinski definition) is 5. The van der Waals surface area contributed by atoms with Crippen LogP contribution in [0, 0.1) is 0 Å². The molecule has 0 aliphatic heterocycles. The van der Waals surface area contributed by atoms with E-state index in [1.807, 2.05) is 44.2 Å². The average Bonchev–Trinajstić information content (AvgIpc) is 2.67. The predicted octanol–water partition coefficient (Wildman–Crippen LogP) is 3.14. The highest BCUT2D eigenvalue weighted by Gasteiger charge is 2.36. The van der Waals surface area contributed by atoms with Crippen molar-refractivity contribution >= 4 is 11.7 Å². The molecule has 1 aromatic carbocycles. The zero-order valence-electron chi connectivity index (χ0n) is 15.3. The summed E-state index contributed by atoms with van der Waals surface area (Å²) in [5.74, 6) is -0.573. The number of rotatable bonds is 9. The monoisotopic (exact) mass is 359 g/mol. The van der Waals surface area contributed by atoms with Crippen LogP contribution >= 0.6 is 0 Å². The Balaban J connectivity index is 2.12. The van der Waals surface area contributed by atoms with Crippen molar-refractivity contribution in [2.45, 2.75) is 19.6 Å². The maximum atomic E-state index is 12.4. The Bertz CT molecular complexity index is 688. The Morgan fingerprint density at radius 1 is 1.08 bits per heavy atom. The summed E-state index contributed by atoms with van der Waals surface area (Å²) in [6, 6.07) is 12.3. The van der Waals surface area contributed by atoms with Crippen LogP contribution in [0.4, 0.5) is 10.5 Å². The molecule has 7 heteroatoms. The third-order valence-electron chi connectivity index (χ3n) is 3.65. The Hall–Kier alpha value is -2.64. The van der Waals surface area contributed by atoms with Gasteiger partial charge in [-0.25, -0.2) is 4.79 Å². The molecule has 0 saturated heterocycles. The van der Waals surface area contributed by atoms with Crippen molar-refractivity contribution in [3.05, 3.63) is 54.4 Å². The van der Waals surface area contributed by atoms with Crippen LogP contribution in [0.3, 0.4) is 0 Å². The van der Waals surface area contributed by atoms with Gasteiger partial charge in [0.25, 0.3) is 0 Å². The molecule has 2 aromatic rings. The average molecular weight is 359 g/mol. The molecule has 140 valence electrons. The molecule has 0 fully saturated rings. The molecular weight excluding hydrogens is 334 g/mol. The molecule has 0 unspecified atom stereocenters. The first kappa shape index (κ1) is 19.7. The Labute approximate surface area is 153 Å². The van der Waals surface area contributed by atoms with Crippen molar-refractivity contribution in [1.82, 2.24) is 10.3 Å². The smallest absolute Gasteiger partial charge is 0.319 e. The lowest BCUT2D eigenvalue weighted by Crippen LogP contribution is -2.46. The summed E-state index contributed by atoms with van der Waals surface area (Å²) in [5.41, 5.74) is 1.17. The molecule has 0 saturated carbocycles. The van der Waals surface area contributed by atoms with E-state index >= 15 is 0 Å². The van der Waals surface area contributed by atoms with E-state index in [0.29, 0.717) is 30.3 Å². The Morgan fingerprint density at radius 2 is 1.77 bits per heavy atom. The van der Waals surface area contributed by atoms with Crippen molar-refractivity contribution in [3.8, 4) is 5.75 Å². The van der Waals surface area contributed by atoms with Gasteiger partial charge in [0.15, 0.2) is 0 Å². The molecule has 7 nitrogen and oxygen atoms in total. The number of nitrogens with zero attached hydrogens (tertiary/aromatic N) is 1. The second-order valence-electron chi connectivity index (χ2n) is 5.34. The lowest BCUT2D eigenvalue weighted by molar-refractivity contribution is -0.240. The first-order valence-electron chi connectivity index (χ1n) is 8.52. The number of anilines is 1. The standard InChI is InChI=1S/C19H25N3O4/c1-4-25-19(26-5-2,17-12-8-9-13-20-17)14-21-18(23)22-15-10-6-7-11-16(15)24-3/h6-13H,4-5,14H2,1-3H3,(H2,21,22,23). The number of methoxy groups -OCH3 is 1. The zero-order chi connectivity index (χ0) is 18.8. The molecule has 2 rings (SSSR count). The van der Waals surface area contributed by atoms with Crippen molar-refractivity contribution < 1.29 is 19.0 Å². The van der Waals surface area contributed by atoms with E-state index in [1.54, 1.807) is 25.4 Å². The largest absolute Gasteiger partial charge is 0.495 e. The summed E-state index contributed by atoms with van der Waals surface area (Å²) in [6.45, 7) is 4.66. The topological polar surface area (TPSA) is 81.7 Å². The van der Waals surface area contributed by atoms with Crippen LogP contribution in [0.25, 0.3) is 0 Å². The third kappa shape index (κ3) is 4.93. The molecule has 26 heavy (non-hydrogen) atoms. The van der Waals surface area contributed by atoms with Crippen LogP contribution in [0.1, 0.15) is 19.5 Å². The van der Waals surface area contributed by atoms with Crippen LogP contribution in [-0.4, -0.2) is 37.9 Å². The molecular formula is C19H25N3O4. The fourth-order valence-electron chi connectivity index (χ4n) is 2.55. The Kier molecular flexibility index (Phi) is 7.37. The fraction of sp³-hybridized carbons (Fsp3) is 0.368. The lowest BCUT2D eigenvalue weighted by atomic mass is 10.1. The second kappa shape index (κ2) is 9.74. The fourth-order valence-corrected chi connectivity index (χ4v) is 2.55. The minimum atomic E-state index is -1.15. The Morgan fingerprint density at radius 3 is 2.38 bits per heavy atom. The number of carbonyl (C=O) groups is 1. The van der Waals surface area contributed by atoms with Gasteiger partial charge in [0.05, 0.1) is 19.3 Å². The molecule has 0 atom stereocenters. The highest BCUT2D eigenvalue weighted by atomic mass is 16.7. The number of amides is 2. The number of benzene rings is 1. The molecule has 0 radical (unpaired) electrons. The van der Waals surface area contributed by atoms with E-state index in [2.05, 4.69) is 15.6 Å². The van der Waals surface area contributed by atoms with Gasteiger partial charge in [-0.3, -0.25) is 4.98 Å². The van der Waals surface area contributed by atoms with Crippen molar-refractivity contribution in [3.63, 3.8) is 0 Å². The van der Waals surface area contributed by atoms with Crippen molar-refractivity contribution in [2.24, 2.45) is 0 Å². The molecule has 1 heterocycles. The molecule has 1 aromatic heterocycles. The number of nitrogens with one attached hydrogen (secondary N) is 2. The van der Waals surface area contributed by atoms with Gasteiger partial charge in [0.1, 0.15) is 11.4 Å². The SMILES string of the molecule is CCOC(CNC(=O)Nc1ccccc1OC)(OCC)c1ccccn1. The molecule has 0 spiro atoms. The van der Waals surface area contributed by atoms with Crippen LogP contribution < -0.4 is 15.4 Å². The van der Waals surface area contributed by atoms with E-state index < -0.39 is 11.8 Å². The number of para-hydroxylation sites is 2. The van der Waals surface area contributed by atoms with Gasteiger partial charge in [0, 0.05) is 19.4 Å². The molecule has 2 N–H and O–H groups in total. The van der Waals surface area contributed by atoms with E-state index in [1.165, 1.54) is 0 Å². The van der Waals surface area contributed by atoms with E-state index in [9.17, 15) is 4.79 Å². The second-order valence-corrected chi connectivity index (χ2v) is 5.34. The van der Waals surface area contributed by atoms with Gasteiger partial charge in [-0.15, -0.1) is 0 Å². The number of carbonyl (C=O) groups excluding carboxylic acids is 1. The van der Waals surface area contributed by atoms with Gasteiger partial charge in [0.2, 0.25) is 5.79 Å². The molecule has 2 amide bonds. The molecule has 0 aliphatic carbocycles. The van der Waals surface area contributed by atoms with E-state index in [4.69, 9.17) is 14.2 Å². The van der Waals surface area contributed by atoms with Crippen LogP contribution in [0.5, 0.6) is 5.75 Å². The minimum absolute atomic E-state index is 0.104. The maximum absolute atomic E-state index is 12.4. The first-order valence-corrected chi connectivity index (χ1v) is 8.52. The van der Waals surface area contributed by atoms with Crippen LogP contribution in [0.15, 0.2) is 48.7 Å². The lowest BCUT2D eigenvalue weighted by Gasteiger charge is -2.32. The molecule has 0 bridgehead atoms. The summed E-state index contributed by atoms with van der Waals surface area (Å²) >= 11 is 0. The van der Waals surface area contributed by atoms with Gasteiger partial charge < -0.3 is 24.8 Å². The normalized spacial score (nSPS) is 11.0. The van der Waals surface area contributed by atoms with E-state index in [0.717, 1.165) is 0 Å². The van der Waals surface area contributed by atoms with Crippen LogP contribution in [0.2, 0.25) is 0 Å². The van der Waals surface area contributed by atoms with E-state index in [-0.39, 0.29) is 6.54 Å². The number of pyridine rings is 1. The number of hydrogen-bond donors (Lipinski definition) is 2. The van der Waals surface area contributed by atoms with Crippen molar-refractivity contribution in [1.29, 1.82) is 0 Å². The summed E-state index contributed by atoms with van der Waals surface area (Å²) in [7, 11) is 1.55. The first-order chi connectivity index (χ1) is 12.6. The van der Waals surface area contributed by atoms with Gasteiger partial charge >= 0.3 is 6.03 Å². The highest BCUT2D eigenvalue weighted by Crippen LogP contribution is 2.26. The summed E-state index contributed by atoms with van der Waals surface area (Å²) < 4.78 is 16.9. The predicted molar refractivity (Wildman–Crippen MR) is 99.2 cm³/mol. The van der Waals surface area contributed by atoms with Crippen molar-refractivity contribution in [2.75, 3.05) is 32.2 Å². The summed E-state index contributed by atoms with van der Waals surface area (Å²) in [4.78, 5) is 16.7. The van der Waals surface area contributed by atoms with Gasteiger partial charge in [-0.1, -0.05) is 18.2 Å². The summed E-state index contributed by atoms with van der Waals surface area (Å²) in [5, 5.41) is 5.56. The zero-order valence-corrected chi connectivity index (χ0v) is 15.3.